The molecule has 0 spiro atoms. The number of imide groups is 1. The molecule has 1 aromatic carbocycles. The van der Waals surface area contributed by atoms with E-state index < -0.39 is 5.54 Å². The molecule has 90 valence electrons. The Morgan fingerprint density at radius 3 is 2.35 bits per heavy atom. The molecule has 1 aromatic rings. The zero-order valence-electron chi connectivity index (χ0n) is 10.2. The van der Waals surface area contributed by atoms with Crippen molar-refractivity contribution in [2.24, 2.45) is 0 Å². The number of hydrogen-bond acceptors (Lipinski definition) is 3. The van der Waals surface area contributed by atoms with E-state index in [0.29, 0.717) is 11.1 Å². The van der Waals surface area contributed by atoms with E-state index in [1.165, 1.54) is 0 Å². The molecule has 1 aliphatic rings. The van der Waals surface area contributed by atoms with Gasteiger partial charge in [-0.05, 0) is 32.9 Å². The highest BCUT2D eigenvalue weighted by molar-refractivity contribution is 6.21. The van der Waals surface area contributed by atoms with Crippen LogP contribution >= 0.6 is 0 Å². The second-order valence-corrected chi connectivity index (χ2v) is 4.97. The fourth-order valence-corrected chi connectivity index (χ4v) is 1.98. The molecule has 4 heteroatoms. The minimum atomic E-state index is -0.874. The van der Waals surface area contributed by atoms with E-state index in [1.54, 1.807) is 32.0 Å². The van der Waals surface area contributed by atoms with Crippen molar-refractivity contribution in [1.82, 2.24) is 4.90 Å². The Morgan fingerprint density at radius 1 is 1.18 bits per heavy atom. The molecule has 0 bridgehead atoms. The van der Waals surface area contributed by atoms with Crippen molar-refractivity contribution in [1.29, 1.82) is 0 Å². The number of carbonyl (C=O) groups excluding carboxylic acids is 2. The average molecular weight is 233 g/mol. The quantitative estimate of drug-likeness (QED) is 0.785. The summed E-state index contributed by atoms with van der Waals surface area (Å²) in [5.41, 5.74) is 0.911. The Bertz CT molecular complexity index is 505. The topological polar surface area (TPSA) is 57.6 Å². The molecular weight excluding hydrogens is 218 g/mol. The van der Waals surface area contributed by atoms with Gasteiger partial charge in [-0.3, -0.25) is 14.5 Å². The van der Waals surface area contributed by atoms with Crippen LogP contribution in [0.2, 0.25) is 0 Å². The van der Waals surface area contributed by atoms with Crippen LogP contribution in [0.5, 0.6) is 0 Å². The number of benzene rings is 1. The maximum absolute atomic E-state index is 12.2. The van der Waals surface area contributed by atoms with Crippen molar-refractivity contribution in [2.75, 3.05) is 6.61 Å². The molecule has 1 N–H and O–H groups in total. The number of aliphatic hydroxyl groups is 1. The number of nitrogens with zero attached hydrogens (tertiary/aromatic N) is 1. The van der Waals surface area contributed by atoms with Crippen LogP contribution in [-0.4, -0.2) is 34.0 Å². The Kier molecular flexibility index (Phi) is 2.54. The normalized spacial score (nSPS) is 15.4. The standard InChI is InChI=1S/C13H15NO3/c1-8-4-5-9-10(6-8)12(17)14(11(9)16)13(2,3)7-15/h4-6,15H,7H2,1-3H3. The molecule has 1 heterocycles. The lowest BCUT2D eigenvalue weighted by Gasteiger charge is -2.31. The van der Waals surface area contributed by atoms with Crippen molar-refractivity contribution in [3.63, 3.8) is 0 Å². The Labute approximate surface area is 99.9 Å². The van der Waals surface area contributed by atoms with Crippen LogP contribution < -0.4 is 0 Å². The summed E-state index contributed by atoms with van der Waals surface area (Å²) < 4.78 is 0. The smallest absolute Gasteiger partial charge is 0.262 e. The molecule has 0 aromatic heterocycles. The number of hydrogen-bond donors (Lipinski definition) is 1. The highest BCUT2D eigenvalue weighted by atomic mass is 16.3. The van der Waals surface area contributed by atoms with Gasteiger partial charge in [0.25, 0.3) is 11.8 Å². The van der Waals surface area contributed by atoms with E-state index in [0.717, 1.165) is 10.5 Å². The second kappa shape index (κ2) is 3.67. The first kappa shape index (κ1) is 11.8. The molecule has 0 unspecified atom stereocenters. The summed E-state index contributed by atoms with van der Waals surface area (Å²) in [7, 11) is 0. The van der Waals surface area contributed by atoms with Gasteiger partial charge in [0.2, 0.25) is 0 Å². The third kappa shape index (κ3) is 1.65. The number of carbonyl (C=O) groups is 2. The summed E-state index contributed by atoms with van der Waals surface area (Å²) in [5.74, 6) is -0.656. The molecule has 0 radical (unpaired) electrons. The zero-order chi connectivity index (χ0) is 12.8. The molecular formula is C13H15NO3. The Hall–Kier alpha value is -1.68. The predicted octanol–water partition coefficient (Wildman–Crippen LogP) is 1.36. The lowest BCUT2D eigenvalue weighted by Crippen LogP contribution is -2.50. The largest absolute Gasteiger partial charge is 0.394 e. The van der Waals surface area contributed by atoms with Gasteiger partial charge in [0.15, 0.2) is 0 Å². The zero-order valence-corrected chi connectivity index (χ0v) is 10.2. The van der Waals surface area contributed by atoms with Crippen molar-refractivity contribution in [3.05, 3.63) is 34.9 Å². The van der Waals surface area contributed by atoms with E-state index in [4.69, 9.17) is 0 Å². The molecule has 2 amide bonds. The van der Waals surface area contributed by atoms with Crippen molar-refractivity contribution < 1.29 is 14.7 Å². The summed E-state index contributed by atoms with van der Waals surface area (Å²) in [6.07, 6.45) is 0. The lowest BCUT2D eigenvalue weighted by molar-refractivity contribution is 0.0353. The van der Waals surface area contributed by atoms with Crippen LogP contribution in [0.15, 0.2) is 18.2 Å². The maximum Gasteiger partial charge on any atom is 0.262 e. The van der Waals surface area contributed by atoms with Crippen molar-refractivity contribution >= 4 is 11.8 Å². The van der Waals surface area contributed by atoms with Gasteiger partial charge in [0.05, 0.1) is 23.3 Å². The van der Waals surface area contributed by atoms with Gasteiger partial charge in [0, 0.05) is 0 Å². The maximum atomic E-state index is 12.2. The SMILES string of the molecule is Cc1ccc2c(c1)C(=O)N(C(C)(C)CO)C2=O. The van der Waals surface area contributed by atoms with Gasteiger partial charge in [0.1, 0.15) is 0 Å². The fraction of sp³-hybridized carbons (Fsp3) is 0.385. The Morgan fingerprint density at radius 2 is 1.76 bits per heavy atom. The van der Waals surface area contributed by atoms with Crippen LogP contribution in [0, 0.1) is 6.92 Å². The molecule has 17 heavy (non-hydrogen) atoms. The summed E-state index contributed by atoms with van der Waals surface area (Å²) in [4.78, 5) is 25.4. The molecule has 0 atom stereocenters. The van der Waals surface area contributed by atoms with Crippen LogP contribution in [-0.2, 0) is 0 Å². The predicted molar refractivity (Wildman–Crippen MR) is 62.8 cm³/mol. The van der Waals surface area contributed by atoms with Gasteiger partial charge >= 0.3 is 0 Å². The van der Waals surface area contributed by atoms with Crippen LogP contribution in [0.1, 0.15) is 40.1 Å². The highest BCUT2D eigenvalue weighted by Crippen LogP contribution is 2.29. The van der Waals surface area contributed by atoms with Gasteiger partial charge in [-0.1, -0.05) is 11.6 Å². The van der Waals surface area contributed by atoms with Crippen LogP contribution in [0.25, 0.3) is 0 Å². The third-order valence-electron chi connectivity index (χ3n) is 3.03. The van der Waals surface area contributed by atoms with Crippen LogP contribution in [0.3, 0.4) is 0 Å². The minimum Gasteiger partial charge on any atom is -0.394 e. The average Bonchev–Trinajstić information content (AvgIpc) is 2.52. The lowest BCUT2D eigenvalue weighted by atomic mass is 10.0. The second-order valence-electron chi connectivity index (χ2n) is 4.97. The fourth-order valence-electron chi connectivity index (χ4n) is 1.98. The van der Waals surface area contributed by atoms with Gasteiger partial charge in [-0.25, -0.2) is 0 Å². The molecule has 0 saturated heterocycles. The van der Waals surface area contributed by atoms with E-state index in [2.05, 4.69) is 0 Å². The number of fused-ring (bicyclic) bond motifs is 1. The number of amides is 2. The third-order valence-corrected chi connectivity index (χ3v) is 3.03. The molecule has 4 nitrogen and oxygen atoms in total. The number of rotatable bonds is 2. The van der Waals surface area contributed by atoms with E-state index >= 15 is 0 Å². The molecule has 2 rings (SSSR count). The number of aryl methyl sites for hydroxylation is 1. The first-order valence-corrected chi connectivity index (χ1v) is 5.49. The summed E-state index contributed by atoms with van der Waals surface area (Å²) >= 11 is 0. The molecule has 0 aliphatic carbocycles. The van der Waals surface area contributed by atoms with E-state index in [9.17, 15) is 14.7 Å². The minimum absolute atomic E-state index is 0.253. The van der Waals surface area contributed by atoms with E-state index in [1.807, 2.05) is 6.92 Å². The monoisotopic (exact) mass is 233 g/mol. The summed E-state index contributed by atoms with van der Waals surface area (Å²) in [5, 5.41) is 9.28. The van der Waals surface area contributed by atoms with Gasteiger partial charge in [-0.2, -0.15) is 0 Å². The van der Waals surface area contributed by atoms with Crippen LogP contribution in [0.4, 0.5) is 0 Å². The highest BCUT2D eigenvalue weighted by Gasteiger charge is 2.43. The van der Waals surface area contributed by atoms with E-state index in [-0.39, 0.29) is 18.4 Å². The number of aliphatic hydroxyl groups excluding tert-OH is 1. The molecule has 1 aliphatic heterocycles. The van der Waals surface area contributed by atoms with Crippen molar-refractivity contribution in [2.45, 2.75) is 26.3 Å². The Balaban J connectivity index is 2.53. The van der Waals surface area contributed by atoms with Crippen molar-refractivity contribution in [3.8, 4) is 0 Å². The van der Waals surface area contributed by atoms with Gasteiger partial charge in [-0.15, -0.1) is 0 Å². The van der Waals surface area contributed by atoms with Gasteiger partial charge < -0.3 is 5.11 Å². The summed E-state index contributed by atoms with van der Waals surface area (Å²) in [6, 6.07) is 5.18. The summed E-state index contributed by atoms with van der Waals surface area (Å²) in [6.45, 7) is 4.96. The first-order chi connectivity index (χ1) is 7.88. The molecule has 0 saturated carbocycles. The molecule has 0 fully saturated rings. The first-order valence-electron chi connectivity index (χ1n) is 5.49.